The van der Waals surface area contributed by atoms with Crippen LogP contribution in [0.3, 0.4) is 0 Å². The number of aryl methyl sites for hydroxylation is 1. The molecule has 4 heteroatoms. The molecule has 0 bridgehead atoms. The number of halogens is 2. The minimum absolute atomic E-state index is 0.281. The molecular formula is C15H16ClFN2. The largest absolute Gasteiger partial charge is 0.307 e. The summed E-state index contributed by atoms with van der Waals surface area (Å²) >= 11 is 5.97. The van der Waals surface area contributed by atoms with E-state index >= 15 is 0 Å². The van der Waals surface area contributed by atoms with Gasteiger partial charge in [-0.1, -0.05) is 30.7 Å². The lowest BCUT2D eigenvalue weighted by molar-refractivity contribution is 0.585. The first-order valence-electron chi connectivity index (χ1n) is 6.28. The van der Waals surface area contributed by atoms with Gasteiger partial charge < -0.3 is 5.32 Å². The van der Waals surface area contributed by atoms with Crippen LogP contribution in [-0.4, -0.2) is 4.98 Å². The predicted molar refractivity (Wildman–Crippen MR) is 75.6 cm³/mol. The van der Waals surface area contributed by atoms with Crippen molar-refractivity contribution in [2.75, 3.05) is 0 Å². The maximum atomic E-state index is 13.6. The third-order valence-electron chi connectivity index (χ3n) is 3.02. The molecule has 1 aromatic heterocycles. The molecule has 1 heterocycles. The molecule has 2 rings (SSSR count). The molecule has 0 radical (unpaired) electrons. The van der Waals surface area contributed by atoms with Crippen LogP contribution < -0.4 is 5.32 Å². The molecule has 0 unspecified atom stereocenters. The summed E-state index contributed by atoms with van der Waals surface area (Å²) in [5.74, 6) is -0.281. The van der Waals surface area contributed by atoms with Gasteiger partial charge in [0.25, 0.3) is 0 Å². The van der Waals surface area contributed by atoms with Crippen molar-refractivity contribution in [1.82, 2.24) is 10.3 Å². The highest BCUT2D eigenvalue weighted by molar-refractivity contribution is 6.31. The Kier molecular flexibility index (Phi) is 4.88. The summed E-state index contributed by atoms with van der Waals surface area (Å²) in [7, 11) is 0. The number of hydrogen-bond donors (Lipinski definition) is 1. The number of nitrogens with one attached hydrogen (secondary N) is 1. The minimum Gasteiger partial charge on any atom is -0.307 e. The summed E-state index contributed by atoms with van der Waals surface area (Å²) in [6, 6.07) is 8.70. The Balaban J connectivity index is 2.00. The van der Waals surface area contributed by atoms with Crippen LogP contribution in [-0.2, 0) is 19.5 Å². The van der Waals surface area contributed by atoms with Gasteiger partial charge >= 0.3 is 0 Å². The first-order valence-corrected chi connectivity index (χ1v) is 6.66. The number of hydrogen-bond acceptors (Lipinski definition) is 2. The van der Waals surface area contributed by atoms with E-state index in [0.717, 1.165) is 12.1 Å². The monoisotopic (exact) mass is 278 g/mol. The highest BCUT2D eigenvalue weighted by Gasteiger charge is 2.07. The SMILES string of the molecule is CCc1cccnc1CNCc1c(F)cccc1Cl. The average Bonchev–Trinajstić information content (AvgIpc) is 2.42. The summed E-state index contributed by atoms with van der Waals surface area (Å²) in [6.07, 6.45) is 2.71. The van der Waals surface area contributed by atoms with E-state index in [1.54, 1.807) is 18.3 Å². The fourth-order valence-corrected chi connectivity index (χ4v) is 2.19. The van der Waals surface area contributed by atoms with Crippen molar-refractivity contribution < 1.29 is 4.39 Å². The Labute approximate surface area is 117 Å². The smallest absolute Gasteiger partial charge is 0.129 e. The zero-order chi connectivity index (χ0) is 13.7. The molecule has 0 fully saturated rings. The van der Waals surface area contributed by atoms with Gasteiger partial charge in [-0.25, -0.2) is 4.39 Å². The molecule has 0 aliphatic carbocycles. The van der Waals surface area contributed by atoms with E-state index in [2.05, 4.69) is 23.3 Å². The standard InChI is InChI=1S/C15H16ClFN2/c1-2-11-5-4-8-19-15(11)10-18-9-12-13(16)6-3-7-14(12)17/h3-8,18H,2,9-10H2,1H3. The first kappa shape index (κ1) is 14.0. The number of benzene rings is 1. The summed E-state index contributed by atoms with van der Waals surface area (Å²) in [5.41, 5.74) is 2.70. The van der Waals surface area contributed by atoms with Crippen molar-refractivity contribution in [3.8, 4) is 0 Å². The second-order valence-corrected chi connectivity index (χ2v) is 4.67. The number of rotatable bonds is 5. The van der Waals surface area contributed by atoms with E-state index in [4.69, 9.17) is 11.6 Å². The van der Waals surface area contributed by atoms with Crippen LogP contribution in [0.25, 0.3) is 0 Å². The Morgan fingerprint density at radius 3 is 2.79 bits per heavy atom. The van der Waals surface area contributed by atoms with E-state index < -0.39 is 0 Å². The maximum absolute atomic E-state index is 13.6. The van der Waals surface area contributed by atoms with Gasteiger partial charge in [-0.05, 0) is 30.2 Å². The van der Waals surface area contributed by atoms with Crippen LogP contribution in [0.15, 0.2) is 36.5 Å². The van der Waals surface area contributed by atoms with Gasteiger partial charge in [0, 0.05) is 29.9 Å². The van der Waals surface area contributed by atoms with E-state index in [1.807, 2.05) is 6.07 Å². The molecule has 0 saturated carbocycles. The number of nitrogens with zero attached hydrogens (tertiary/aromatic N) is 1. The van der Waals surface area contributed by atoms with Gasteiger partial charge in [0.2, 0.25) is 0 Å². The van der Waals surface area contributed by atoms with Crippen LogP contribution in [0.2, 0.25) is 5.02 Å². The third-order valence-corrected chi connectivity index (χ3v) is 3.38. The Morgan fingerprint density at radius 2 is 2.05 bits per heavy atom. The normalized spacial score (nSPS) is 10.7. The van der Waals surface area contributed by atoms with Crippen molar-refractivity contribution in [3.63, 3.8) is 0 Å². The summed E-state index contributed by atoms with van der Waals surface area (Å²) < 4.78 is 13.6. The molecule has 2 aromatic rings. The van der Waals surface area contributed by atoms with Crippen LogP contribution in [0.1, 0.15) is 23.7 Å². The van der Waals surface area contributed by atoms with E-state index in [-0.39, 0.29) is 5.82 Å². The Bertz CT molecular complexity index is 537. The summed E-state index contributed by atoms with van der Waals surface area (Å²) in [4.78, 5) is 4.34. The van der Waals surface area contributed by atoms with E-state index in [9.17, 15) is 4.39 Å². The van der Waals surface area contributed by atoms with Crippen molar-refractivity contribution in [3.05, 3.63) is 64.2 Å². The lowest BCUT2D eigenvalue weighted by atomic mass is 10.1. The summed E-state index contributed by atoms with van der Waals surface area (Å²) in [5, 5.41) is 3.64. The van der Waals surface area contributed by atoms with Gasteiger partial charge in [-0.3, -0.25) is 4.98 Å². The fraction of sp³-hybridized carbons (Fsp3) is 0.267. The van der Waals surface area contributed by atoms with Crippen LogP contribution in [0.4, 0.5) is 4.39 Å². The van der Waals surface area contributed by atoms with Crippen molar-refractivity contribution >= 4 is 11.6 Å². The molecule has 0 amide bonds. The minimum atomic E-state index is -0.281. The number of pyridine rings is 1. The van der Waals surface area contributed by atoms with Crippen molar-refractivity contribution in [2.24, 2.45) is 0 Å². The van der Waals surface area contributed by atoms with Gasteiger partial charge in [0.15, 0.2) is 0 Å². The molecule has 0 spiro atoms. The second kappa shape index (κ2) is 6.64. The molecule has 19 heavy (non-hydrogen) atoms. The maximum Gasteiger partial charge on any atom is 0.129 e. The van der Waals surface area contributed by atoms with Crippen LogP contribution in [0.5, 0.6) is 0 Å². The van der Waals surface area contributed by atoms with Gasteiger partial charge in [0.05, 0.1) is 5.69 Å². The molecule has 0 atom stereocenters. The van der Waals surface area contributed by atoms with Crippen molar-refractivity contribution in [1.29, 1.82) is 0 Å². The number of aromatic nitrogens is 1. The molecule has 0 saturated heterocycles. The van der Waals surface area contributed by atoms with Crippen LogP contribution >= 0.6 is 11.6 Å². The Morgan fingerprint density at radius 1 is 1.21 bits per heavy atom. The van der Waals surface area contributed by atoms with E-state index in [1.165, 1.54) is 11.6 Å². The summed E-state index contributed by atoms with van der Waals surface area (Å²) in [6.45, 7) is 3.09. The van der Waals surface area contributed by atoms with E-state index in [0.29, 0.717) is 23.7 Å². The first-order chi connectivity index (χ1) is 9.22. The zero-order valence-corrected chi connectivity index (χ0v) is 11.5. The molecule has 0 aliphatic rings. The lowest BCUT2D eigenvalue weighted by Gasteiger charge is -2.09. The zero-order valence-electron chi connectivity index (χ0n) is 10.8. The quantitative estimate of drug-likeness (QED) is 0.901. The highest BCUT2D eigenvalue weighted by Crippen LogP contribution is 2.18. The third kappa shape index (κ3) is 3.52. The molecule has 2 nitrogen and oxygen atoms in total. The molecule has 1 aromatic carbocycles. The van der Waals surface area contributed by atoms with Crippen LogP contribution in [0, 0.1) is 5.82 Å². The highest BCUT2D eigenvalue weighted by atomic mass is 35.5. The molecule has 0 aliphatic heterocycles. The second-order valence-electron chi connectivity index (χ2n) is 4.27. The average molecular weight is 279 g/mol. The topological polar surface area (TPSA) is 24.9 Å². The lowest BCUT2D eigenvalue weighted by Crippen LogP contribution is -2.16. The van der Waals surface area contributed by atoms with Gasteiger partial charge in [0.1, 0.15) is 5.82 Å². The molecular weight excluding hydrogens is 263 g/mol. The molecule has 1 N–H and O–H groups in total. The molecule has 100 valence electrons. The van der Waals surface area contributed by atoms with Gasteiger partial charge in [-0.15, -0.1) is 0 Å². The Hall–Kier alpha value is -1.45. The van der Waals surface area contributed by atoms with Gasteiger partial charge in [-0.2, -0.15) is 0 Å². The fourth-order valence-electron chi connectivity index (χ4n) is 1.96. The predicted octanol–water partition coefficient (Wildman–Crippen LogP) is 3.73. The van der Waals surface area contributed by atoms with Crippen molar-refractivity contribution in [2.45, 2.75) is 26.4 Å².